The lowest BCUT2D eigenvalue weighted by molar-refractivity contribution is -0.0189. The smallest absolute Gasteiger partial charge is 0.213 e. The molecule has 8 heteroatoms. The zero-order valence-corrected chi connectivity index (χ0v) is 20.8. The lowest BCUT2D eigenvalue weighted by atomic mass is 9.95. The van der Waals surface area contributed by atoms with Gasteiger partial charge in [0.1, 0.15) is 18.1 Å². The van der Waals surface area contributed by atoms with Crippen LogP contribution in [0, 0.1) is 0 Å². The summed E-state index contributed by atoms with van der Waals surface area (Å²) in [6.07, 6.45) is 1.89. The van der Waals surface area contributed by atoms with Crippen molar-refractivity contribution in [1.29, 1.82) is 0 Å². The van der Waals surface area contributed by atoms with Gasteiger partial charge in [0, 0.05) is 28.1 Å². The van der Waals surface area contributed by atoms with Gasteiger partial charge in [0.2, 0.25) is 6.23 Å². The SMILES string of the molecule is C=CCOc1ccc(C2Oc3c(Cl)cc(Cl)cc3C3CC(c4ccc(OC)c(OC)c4)=NN32)cc1. The minimum atomic E-state index is -0.475. The van der Waals surface area contributed by atoms with Crippen LogP contribution in [-0.4, -0.2) is 31.5 Å². The molecule has 0 spiro atoms. The third kappa shape index (κ3) is 4.40. The minimum absolute atomic E-state index is 0.0975. The van der Waals surface area contributed by atoms with Gasteiger partial charge in [-0.05, 0) is 54.6 Å². The molecule has 0 fully saturated rings. The number of methoxy groups -OCH3 is 2. The highest BCUT2D eigenvalue weighted by Gasteiger charge is 2.42. The number of hydrogen-bond donors (Lipinski definition) is 0. The zero-order chi connectivity index (χ0) is 24.5. The average molecular weight is 511 g/mol. The van der Waals surface area contributed by atoms with Crippen molar-refractivity contribution in [3.8, 4) is 23.0 Å². The molecule has 0 aromatic heterocycles. The van der Waals surface area contributed by atoms with Crippen molar-refractivity contribution in [2.24, 2.45) is 5.10 Å². The highest BCUT2D eigenvalue weighted by molar-refractivity contribution is 6.35. The van der Waals surface area contributed by atoms with Crippen LogP contribution in [0.25, 0.3) is 0 Å². The largest absolute Gasteiger partial charge is 0.493 e. The van der Waals surface area contributed by atoms with E-state index in [4.69, 9.17) is 47.3 Å². The maximum absolute atomic E-state index is 6.57. The fourth-order valence-electron chi connectivity index (χ4n) is 4.41. The molecule has 0 saturated carbocycles. The molecule has 5 rings (SSSR count). The fraction of sp³-hybridized carbons (Fsp3) is 0.222. The van der Waals surface area contributed by atoms with Crippen molar-refractivity contribution in [3.63, 3.8) is 0 Å². The highest BCUT2D eigenvalue weighted by atomic mass is 35.5. The van der Waals surface area contributed by atoms with Crippen LogP contribution in [0.2, 0.25) is 10.0 Å². The molecule has 2 aliphatic heterocycles. The number of hydrogen-bond acceptors (Lipinski definition) is 6. The van der Waals surface area contributed by atoms with Crippen molar-refractivity contribution in [2.75, 3.05) is 20.8 Å². The van der Waals surface area contributed by atoms with E-state index >= 15 is 0 Å². The predicted octanol–water partition coefficient (Wildman–Crippen LogP) is 6.82. The van der Waals surface area contributed by atoms with Crippen LogP contribution in [0.15, 0.2) is 72.4 Å². The van der Waals surface area contributed by atoms with Crippen molar-refractivity contribution < 1.29 is 18.9 Å². The molecule has 0 saturated heterocycles. The molecule has 0 aliphatic carbocycles. The van der Waals surface area contributed by atoms with Gasteiger partial charge in [-0.15, -0.1) is 0 Å². The Balaban J connectivity index is 1.55. The molecule has 6 nitrogen and oxygen atoms in total. The Bertz CT molecular complexity index is 1290. The quantitative estimate of drug-likeness (QED) is 0.326. The molecule has 2 unspecified atom stereocenters. The van der Waals surface area contributed by atoms with Gasteiger partial charge in [0.05, 0.1) is 31.0 Å². The van der Waals surface area contributed by atoms with E-state index < -0.39 is 6.23 Å². The third-order valence-corrected chi connectivity index (χ3v) is 6.56. The van der Waals surface area contributed by atoms with Crippen LogP contribution in [0.5, 0.6) is 23.0 Å². The summed E-state index contributed by atoms with van der Waals surface area (Å²) in [5.41, 5.74) is 3.68. The molecule has 3 aromatic rings. The van der Waals surface area contributed by atoms with E-state index in [0.29, 0.717) is 40.3 Å². The second kappa shape index (κ2) is 9.72. The van der Waals surface area contributed by atoms with Crippen LogP contribution < -0.4 is 18.9 Å². The van der Waals surface area contributed by atoms with Gasteiger partial charge in [0.25, 0.3) is 0 Å². The Morgan fingerprint density at radius 1 is 1.06 bits per heavy atom. The maximum Gasteiger partial charge on any atom is 0.213 e. The van der Waals surface area contributed by atoms with E-state index in [0.717, 1.165) is 28.2 Å². The molecule has 35 heavy (non-hydrogen) atoms. The Hall–Kier alpha value is -3.35. The van der Waals surface area contributed by atoms with Gasteiger partial charge in [-0.3, -0.25) is 0 Å². The Morgan fingerprint density at radius 2 is 1.83 bits per heavy atom. The standard InChI is InChI=1S/C27H24Cl2N2O4/c1-4-11-34-19-8-5-16(6-9-19)27-31-23(20-13-18(28)14-21(29)26(20)35-27)15-22(30-31)17-7-10-24(32-2)25(12-17)33-3/h4-10,12-14,23,27H,1,11,15H2,2-3H3. The molecule has 2 heterocycles. The number of nitrogens with zero attached hydrogens (tertiary/aromatic N) is 2. The molecule has 0 bridgehead atoms. The van der Waals surface area contributed by atoms with Gasteiger partial charge in [0.15, 0.2) is 11.5 Å². The van der Waals surface area contributed by atoms with Crippen LogP contribution in [-0.2, 0) is 0 Å². The van der Waals surface area contributed by atoms with Crippen molar-refractivity contribution in [3.05, 3.63) is 94.0 Å². The number of halogens is 2. The molecule has 2 atom stereocenters. The number of ether oxygens (including phenoxy) is 4. The molecular weight excluding hydrogens is 487 g/mol. The van der Waals surface area contributed by atoms with Crippen molar-refractivity contribution in [1.82, 2.24) is 5.01 Å². The summed E-state index contributed by atoms with van der Waals surface area (Å²) in [4.78, 5) is 0. The maximum atomic E-state index is 6.57. The lowest BCUT2D eigenvalue weighted by Gasteiger charge is -2.38. The van der Waals surface area contributed by atoms with Gasteiger partial charge < -0.3 is 18.9 Å². The van der Waals surface area contributed by atoms with Gasteiger partial charge in [-0.1, -0.05) is 35.9 Å². The van der Waals surface area contributed by atoms with Crippen molar-refractivity contribution >= 4 is 28.9 Å². The second-order valence-corrected chi connectivity index (χ2v) is 9.00. The normalized spacial score (nSPS) is 18.2. The Morgan fingerprint density at radius 3 is 2.54 bits per heavy atom. The van der Waals surface area contributed by atoms with Gasteiger partial charge >= 0.3 is 0 Å². The van der Waals surface area contributed by atoms with E-state index in [2.05, 4.69) is 6.58 Å². The first kappa shape index (κ1) is 23.4. The summed E-state index contributed by atoms with van der Waals surface area (Å²) >= 11 is 12.9. The number of benzene rings is 3. The monoisotopic (exact) mass is 510 g/mol. The van der Waals surface area contributed by atoms with Crippen molar-refractivity contribution in [2.45, 2.75) is 18.7 Å². The first-order valence-electron chi connectivity index (χ1n) is 11.1. The molecule has 0 radical (unpaired) electrons. The van der Waals surface area contributed by atoms with Gasteiger partial charge in [-0.25, -0.2) is 5.01 Å². The Labute approximate surface area is 214 Å². The molecule has 3 aromatic carbocycles. The van der Waals surface area contributed by atoms with Crippen LogP contribution in [0.3, 0.4) is 0 Å². The van der Waals surface area contributed by atoms with E-state index in [1.807, 2.05) is 53.5 Å². The molecule has 0 amide bonds. The fourth-order valence-corrected chi connectivity index (χ4v) is 4.96. The number of rotatable bonds is 7. The van der Waals surface area contributed by atoms with E-state index in [9.17, 15) is 0 Å². The second-order valence-electron chi connectivity index (χ2n) is 8.16. The lowest BCUT2D eigenvalue weighted by Crippen LogP contribution is -2.33. The first-order chi connectivity index (χ1) is 17.0. The zero-order valence-electron chi connectivity index (χ0n) is 19.3. The summed E-state index contributed by atoms with van der Waals surface area (Å²) < 4.78 is 23.0. The third-order valence-electron chi connectivity index (χ3n) is 6.06. The molecule has 180 valence electrons. The van der Waals surface area contributed by atoms with Crippen LogP contribution >= 0.6 is 23.2 Å². The summed E-state index contributed by atoms with van der Waals surface area (Å²) in [5, 5.41) is 8.00. The molecular formula is C27H24Cl2N2O4. The summed E-state index contributed by atoms with van der Waals surface area (Å²) in [6.45, 7) is 4.13. The van der Waals surface area contributed by atoms with Crippen LogP contribution in [0.1, 0.15) is 35.4 Å². The predicted molar refractivity (Wildman–Crippen MR) is 137 cm³/mol. The highest BCUT2D eigenvalue weighted by Crippen LogP contribution is 2.51. The van der Waals surface area contributed by atoms with Crippen LogP contribution in [0.4, 0.5) is 0 Å². The van der Waals surface area contributed by atoms with E-state index in [-0.39, 0.29) is 6.04 Å². The summed E-state index contributed by atoms with van der Waals surface area (Å²) in [7, 11) is 3.23. The molecule has 2 aliphatic rings. The average Bonchev–Trinajstić information content (AvgIpc) is 3.33. The molecule has 0 N–H and O–H groups in total. The summed E-state index contributed by atoms with van der Waals surface area (Å²) in [6, 6.07) is 17.1. The minimum Gasteiger partial charge on any atom is -0.493 e. The number of fused-ring (bicyclic) bond motifs is 3. The van der Waals surface area contributed by atoms with Gasteiger partial charge in [-0.2, -0.15) is 5.10 Å². The Kier molecular flexibility index (Phi) is 6.50. The van der Waals surface area contributed by atoms with E-state index in [1.54, 1.807) is 26.4 Å². The topological polar surface area (TPSA) is 52.5 Å². The summed E-state index contributed by atoms with van der Waals surface area (Å²) in [5.74, 6) is 2.68. The first-order valence-corrected chi connectivity index (χ1v) is 11.9. The number of hydrazone groups is 1. The van der Waals surface area contributed by atoms with E-state index in [1.165, 1.54) is 0 Å².